The number of anilines is 6. The summed E-state index contributed by atoms with van der Waals surface area (Å²) >= 11 is 0. The first-order valence-corrected chi connectivity index (χ1v) is 35.7. The van der Waals surface area contributed by atoms with Crippen molar-refractivity contribution in [1.82, 2.24) is 9.13 Å². The molecule has 8 heteroatoms. The average Bonchev–Trinajstić information content (AvgIpc) is 0.705. The van der Waals surface area contributed by atoms with Crippen LogP contribution in [0.3, 0.4) is 0 Å². The van der Waals surface area contributed by atoms with Crippen molar-refractivity contribution < 1.29 is 13.2 Å². The summed E-state index contributed by atoms with van der Waals surface area (Å²) < 4.78 is 54.0. The molecule has 0 aliphatic carbocycles. The molecule has 0 bridgehead atoms. The van der Waals surface area contributed by atoms with E-state index < -0.39 is 23.9 Å². The minimum atomic E-state index is -4.72. The van der Waals surface area contributed by atoms with E-state index in [1.165, 1.54) is 12.1 Å². The number of para-hydroxylation sites is 4. The molecule has 0 radical (unpaired) electrons. The first-order chi connectivity index (χ1) is 50.8. The van der Waals surface area contributed by atoms with Gasteiger partial charge in [-0.25, -0.2) is 0 Å². The number of halogens is 3. The molecule has 0 unspecified atom stereocenters. The quantitative estimate of drug-likeness (QED) is 0.127. The van der Waals surface area contributed by atoms with E-state index in [0.29, 0.717) is 27.9 Å². The van der Waals surface area contributed by atoms with Crippen molar-refractivity contribution in [3.63, 3.8) is 0 Å². The Bertz CT molecular complexity index is 6030. The van der Waals surface area contributed by atoms with Crippen molar-refractivity contribution in [3.8, 4) is 78.1 Å². The molecule has 0 N–H and O–H groups in total. The summed E-state index contributed by atoms with van der Waals surface area (Å²) in [6.45, 7) is 8.48. The zero-order chi connectivity index (χ0) is 70.1. The van der Waals surface area contributed by atoms with E-state index >= 15 is 13.2 Å². The Morgan fingerprint density at radius 1 is 0.269 bits per heavy atom. The number of rotatable bonds is 10. The van der Waals surface area contributed by atoms with Gasteiger partial charge in [0, 0.05) is 77.9 Å². The largest absolute Gasteiger partial charge is 0.416 e. The van der Waals surface area contributed by atoms with Crippen LogP contribution in [0, 0.1) is 6.92 Å². The second-order valence-corrected chi connectivity index (χ2v) is 28.7. The molecule has 2 aliphatic heterocycles. The lowest BCUT2D eigenvalue weighted by Crippen LogP contribution is -2.62. The molecule has 4 nitrogen and oxygen atoms in total. The molecule has 0 fully saturated rings. The molecule has 2 aromatic heterocycles. The zero-order valence-electron chi connectivity index (χ0n) is 57.8. The summed E-state index contributed by atoms with van der Waals surface area (Å²) in [7, 11) is 0. The second-order valence-electron chi connectivity index (χ2n) is 28.7. The number of aryl methyl sites for hydroxylation is 1. The lowest BCUT2D eigenvalue weighted by Gasteiger charge is -2.48. The summed E-state index contributed by atoms with van der Waals surface area (Å²) in [4.78, 5) is 5.01. The normalized spacial score (nSPS) is 12.7. The van der Waals surface area contributed by atoms with Gasteiger partial charge in [-0.2, -0.15) is 13.2 Å². The highest BCUT2D eigenvalue weighted by molar-refractivity contribution is 7.02. The summed E-state index contributed by atoms with van der Waals surface area (Å²) in [6, 6.07) is 119. The lowest BCUT2D eigenvalue weighted by atomic mass is 9.31. The molecule has 0 spiro atoms. The number of hydrogen-bond acceptors (Lipinski definition) is 2. The van der Waals surface area contributed by atoms with Gasteiger partial charge in [0.25, 0.3) is 6.71 Å². The van der Waals surface area contributed by atoms with E-state index in [1.54, 1.807) is 0 Å². The molecule has 104 heavy (non-hydrogen) atoms. The van der Waals surface area contributed by atoms with Crippen LogP contribution in [0.25, 0.3) is 122 Å². The highest BCUT2D eigenvalue weighted by Crippen LogP contribution is 2.57. The van der Waals surface area contributed by atoms with Crippen LogP contribution in [0.4, 0.5) is 47.3 Å². The van der Waals surface area contributed by atoms with Gasteiger partial charge in [0.05, 0.1) is 39.0 Å². The topological polar surface area (TPSA) is 16.3 Å². The first-order valence-electron chi connectivity index (χ1n) is 35.7. The van der Waals surface area contributed by atoms with Crippen molar-refractivity contribution in [2.75, 3.05) is 9.80 Å². The van der Waals surface area contributed by atoms with Gasteiger partial charge in [0.1, 0.15) is 0 Å². The standard InChI is InChI=1S/C96H68BF3N4/c1-61-51-78(64-35-15-7-16-36-64)93(79(52-61)65-37-17-8-18-38-65)103-86-55-68(95(2,3)4)56-87-92(86)97(90-76(62-31-11-5-12-32-62)57-70(59-88(90)103)101-82-47-27-23-43-72(82)73-44-24-28-48-83(73)101)91-77(63-33-13-6-14-34-63)58-71(102-84-49-29-25-45-74(84)75-46-26-30-50-85(75)102)60-89(91)104(87)94-80(66-39-19-9-20-40-66)53-69(96(98,99)100)54-81(94)67-41-21-10-22-42-67/h5-60H,1-4H3. The van der Waals surface area contributed by atoms with Crippen molar-refractivity contribution in [1.29, 1.82) is 0 Å². The van der Waals surface area contributed by atoms with Gasteiger partial charge in [0.15, 0.2) is 0 Å². The lowest BCUT2D eigenvalue weighted by molar-refractivity contribution is -0.137. The summed E-state index contributed by atoms with van der Waals surface area (Å²) in [5, 5.41) is 4.53. The number of alkyl halides is 3. The highest BCUT2D eigenvalue weighted by atomic mass is 19.4. The summed E-state index contributed by atoms with van der Waals surface area (Å²) in [5.74, 6) is 0. The zero-order valence-corrected chi connectivity index (χ0v) is 57.8. The minimum Gasteiger partial charge on any atom is -0.310 e. The number of benzene rings is 15. The average molecular weight is 1350 g/mol. The van der Waals surface area contributed by atoms with Gasteiger partial charge in [-0.05, 0) is 169 Å². The monoisotopic (exact) mass is 1340 g/mol. The van der Waals surface area contributed by atoms with Gasteiger partial charge in [0.2, 0.25) is 0 Å². The van der Waals surface area contributed by atoms with Crippen LogP contribution in [0.1, 0.15) is 37.5 Å². The van der Waals surface area contributed by atoms with Crippen LogP contribution < -0.4 is 26.2 Å². The van der Waals surface area contributed by atoms with Gasteiger partial charge < -0.3 is 18.9 Å². The van der Waals surface area contributed by atoms with Crippen molar-refractivity contribution in [2.24, 2.45) is 0 Å². The molecule has 0 amide bonds. The predicted molar refractivity (Wildman–Crippen MR) is 430 cm³/mol. The Kier molecular flexibility index (Phi) is 14.6. The molecule has 2 aliphatic rings. The SMILES string of the molecule is Cc1cc(-c2ccccc2)c(N2c3cc(-n4c5ccccc5c5ccccc54)cc(-c4ccccc4)c3B3c4c(-c5ccccc5)cc(-n5c6ccccc6c6ccccc65)cc4N(c4c(-c5ccccc5)cc(C(F)(F)F)cc4-c4ccccc4)c4cc(C(C)(C)C)cc2c43)c(-c2ccccc2)c1. The van der Waals surface area contributed by atoms with Gasteiger partial charge in [-0.1, -0.05) is 276 Å². The molecule has 19 rings (SSSR count). The van der Waals surface area contributed by atoms with Crippen molar-refractivity contribution in [2.45, 2.75) is 39.3 Å². The first kappa shape index (κ1) is 62.4. The Hall–Kier alpha value is -12.6. The summed E-state index contributed by atoms with van der Waals surface area (Å²) in [5.41, 5.74) is 25.8. The highest BCUT2D eigenvalue weighted by Gasteiger charge is 2.49. The maximum atomic E-state index is 16.4. The van der Waals surface area contributed by atoms with Crippen LogP contribution in [-0.2, 0) is 11.6 Å². The maximum absolute atomic E-state index is 16.4. The fourth-order valence-electron chi connectivity index (χ4n) is 16.9. The van der Waals surface area contributed by atoms with E-state index in [4.69, 9.17) is 0 Å². The second kappa shape index (κ2) is 24.3. The van der Waals surface area contributed by atoms with E-state index in [9.17, 15) is 0 Å². The Balaban J connectivity index is 1.08. The van der Waals surface area contributed by atoms with Gasteiger partial charge in [-0.3, -0.25) is 0 Å². The number of fused-ring (bicyclic) bond motifs is 10. The molecule has 0 saturated carbocycles. The molecule has 15 aromatic carbocycles. The minimum absolute atomic E-state index is 0.437. The summed E-state index contributed by atoms with van der Waals surface area (Å²) in [6.07, 6.45) is -4.72. The predicted octanol–water partition coefficient (Wildman–Crippen LogP) is 24.6. The van der Waals surface area contributed by atoms with Gasteiger partial charge in [-0.15, -0.1) is 0 Å². The smallest absolute Gasteiger partial charge is 0.310 e. The molecule has 0 saturated heterocycles. The van der Waals surface area contributed by atoms with E-state index in [1.807, 2.05) is 60.7 Å². The fraction of sp³-hybridized carbons (Fsp3) is 0.0625. The van der Waals surface area contributed by atoms with Crippen molar-refractivity contribution in [3.05, 3.63) is 356 Å². The third-order valence-corrected chi connectivity index (χ3v) is 21.4. The van der Waals surface area contributed by atoms with E-state index in [0.717, 1.165) is 155 Å². The van der Waals surface area contributed by atoms with Crippen LogP contribution >= 0.6 is 0 Å². The number of aromatic nitrogens is 2. The molecule has 17 aromatic rings. The molecule has 4 heterocycles. The van der Waals surface area contributed by atoms with Crippen LogP contribution in [0.2, 0.25) is 0 Å². The maximum Gasteiger partial charge on any atom is 0.416 e. The molecular weight excluding hydrogens is 1280 g/mol. The molecule has 0 atom stereocenters. The Morgan fingerprint density at radius 3 is 0.837 bits per heavy atom. The number of nitrogens with zero attached hydrogens (tertiary/aromatic N) is 4. The Morgan fingerprint density at radius 2 is 0.538 bits per heavy atom. The Labute approximate surface area is 603 Å². The van der Waals surface area contributed by atoms with Gasteiger partial charge >= 0.3 is 6.18 Å². The number of hydrogen-bond donors (Lipinski definition) is 0. The third-order valence-electron chi connectivity index (χ3n) is 21.4. The molecular formula is C96H68BF3N4. The van der Waals surface area contributed by atoms with Crippen LogP contribution in [-0.4, -0.2) is 15.8 Å². The third kappa shape index (κ3) is 10.1. The van der Waals surface area contributed by atoms with Crippen molar-refractivity contribution >= 4 is 101 Å². The van der Waals surface area contributed by atoms with Crippen LogP contribution in [0.5, 0.6) is 0 Å². The van der Waals surface area contributed by atoms with E-state index in [-0.39, 0.29) is 0 Å². The van der Waals surface area contributed by atoms with Crippen LogP contribution in [0.15, 0.2) is 340 Å². The molecule has 496 valence electrons. The fourth-order valence-corrected chi connectivity index (χ4v) is 16.9. The van der Waals surface area contributed by atoms with E-state index in [2.05, 4.69) is 314 Å².